The molecule has 0 saturated carbocycles. The van der Waals surface area contributed by atoms with Crippen LogP contribution in [-0.4, -0.2) is 13.7 Å². The van der Waals surface area contributed by atoms with E-state index in [9.17, 15) is 0 Å². The zero-order chi connectivity index (χ0) is 9.84. The van der Waals surface area contributed by atoms with Gasteiger partial charge in [-0.05, 0) is 23.8 Å². The molecule has 0 unspecified atom stereocenters. The van der Waals surface area contributed by atoms with E-state index in [0.29, 0.717) is 6.54 Å². The molecule has 0 heterocycles. The molecule has 0 aliphatic carbocycles. The largest absolute Gasteiger partial charge is 0.496 e. The van der Waals surface area contributed by atoms with Crippen LogP contribution in [0.5, 0.6) is 5.75 Å². The van der Waals surface area contributed by atoms with E-state index in [1.807, 2.05) is 18.2 Å². The SMILES string of the molecule is C=C(CN)c1cc(Br)ccc1OC. The monoisotopic (exact) mass is 241 g/mol. The van der Waals surface area contributed by atoms with Gasteiger partial charge in [-0.1, -0.05) is 22.5 Å². The van der Waals surface area contributed by atoms with Gasteiger partial charge in [0.15, 0.2) is 0 Å². The summed E-state index contributed by atoms with van der Waals surface area (Å²) in [6, 6.07) is 5.76. The summed E-state index contributed by atoms with van der Waals surface area (Å²) in [5.41, 5.74) is 7.34. The Morgan fingerprint density at radius 1 is 1.62 bits per heavy atom. The number of methoxy groups -OCH3 is 1. The van der Waals surface area contributed by atoms with Gasteiger partial charge in [-0.25, -0.2) is 0 Å². The lowest BCUT2D eigenvalue weighted by atomic mass is 10.1. The Morgan fingerprint density at radius 3 is 2.85 bits per heavy atom. The summed E-state index contributed by atoms with van der Waals surface area (Å²) < 4.78 is 6.18. The van der Waals surface area contributed by atoms with Crippen molar-refractivity contribution >= 4 is 21.5 Å². The van der Waals surface area contributed by atoms with Gasteiger partial charge in [0.1, 0.15) is 5.75 Å². The van der Waals surface area contributed by atoms with Crippen LogP contribution >= 0.6 is 15.9 Å². The van der Waals surface area contributed by atoms with Crippen molar-refractivity contribution in [3.8, 4) is 5.75 Å². The minimum atomic E-state index is 0.437. The van der Waals surface area contributed by atoms with Crippen LogP contribution in [0.2, 0.25) is 0 Å². The number of benzene rings is 1. The number of hydrogen-bond acceptors (Lipinski definition) is 2. The zero-order valence-corrected chi connectivity index (χ0v) is 9.10. The number of hydrogen-bond donors (Lipinski definition) is 1. The fourth-order valence-electron chi connectivity index (χ4n) is 1.07. The lowest BCUT2D eigenvalue weighted by Crippen LogP contribution is -2.02. The minimum absolute atomic E-state index is 0.437. The maximum absolute atomic E-state index is 5.51. The second-order valence-corrected chi connectivity index (χ2v) is 3.57. The van der Waals surface area contributed by atoms with Crippen LogP contribution in [-0.2, 0) is 0 Å². The van der Waals surface area contributed by atoms with Gasteiger partial charge < -0.3 is 10.5 Å². The van der Waals surface area contributed by atoms with Crippen molar-refractivity contribution in [2.45, 2.75) is 0 Å². The normalized spacial score (nSPS) is 9.77. The molecule has 1 rings (SSSR count). The number of rotatable bonds is 3. The van der Waals surface area contributed by atoms with Crippen molar-refractivity contribution in [1.82, 2.24) is 0 Å². The van der Waals surface area contributed by atoms with Crippen molar-refractivity contribution in [3.63, 3.8) is 0 Å². The summed E-state index contributed by atoms with van der Waals surface area (Å²) in [7, 11) is 1.64. The van der Waals surface area contributed by atoms with E-state index in [0.717, 1.165) is 21.4 Å². The molecule has 0 amide bonds. The third-order valence-electron chi connectivity index (χ3n) is 1.79. The second kappa shape index (κ2) is 4.44. The van der Waals surface area contributed by atoms with E-state index in [4.69, 9.17) is 10.5 Å². The Balaban J connectivity index is 3.15. The van der Waals surface area contributed by atoms with Gasteiger partial charge in [0.05, 0.1) is 7.11 Å². The fraction of sp³-hybridized carbons (Fsp3) is 0.200. The molecule has 0 fully saturated rings. The minimum Gasteiger partial charge on any atom is -0.496 e. The Morgan fingerprint density at radius 2 is 2.31 bits per heavy atom. The molecular formula is C10H12BrNO. The van der Waals surface area contributed by atoms with Gasteiger partial charge in [-0.15, -0.1) is 0 Å². The molecule has 2 nitrogen and oxygen atoms in total. The van der Waals surface area contributed by atoms with E-state index < -0.39 is 0 Å². The molecule has 0 aliphatic rings. The number of ether oxygens (including phenoxy) is 1. The molecule has 0 aliphatic heterocycles. The fourth-order valence-corrected chi connectivity index (χ4v) is 1.43. The molecule has 0 aromatic heterocycles. The van der Waals surface area contributed by atoms with Crippen molar-refractivity contribution in [2.75, 3.05) is 13.7 Å². The Hall–Kier alpha value is -0.800. The first-order valence-electron chi connectivity index (χ1n) is 3.90. The highest BCUT2D eigenvalue weighted by Gasteiger charge is 2.05. The van der Waals surface area contributed by atoms with Crippen LogP contribution in [0.25, 0.3) is 5.57 Å². The smallest absolute Gasteiger partial charge is 0.126 e. The first kappa shape index (κ1) is 10.3. The van der Waals surface area contributed by atoms with Crippen molar-refractivity contribution in [1.29, 1.82) is 0 Å². The lowest BCUT2D eigenvalue weighted by molar-refractivity contribution is 0.413. The average Bonchev–Trinajstić information content (AvgIpc) is 2.16. The zero-order valence-electron chi connectivity index (χ0n) is 7.51. The Kier molecular flexibility index (Phi) is 3.51. The summed E-state index contributed by atoms with van der Waals surface area (Å²) in [5, 5.41) is 0. The van der Waals surface area contributed by atoms with Crippen LogP contribution in [0.4, 0.5) is 0 Å². The van der Waals surface area contributed by atoms with E-state index in [2.05, 4.69) is 22.5 Å². The van der Waals surface area contributed by atoms with Crippen molar-refractivity contribution in [2.24, 2.45) is 5.73 Å². The summed E-state index contributed by atoms with van der Waals surface area (Å²) in [5.74, 6) is 0.804. The lowest BCUT2D eigenvalue weighted by Gasteiger charge is -2.09. The molecule has 70 valence electrons. The summed E-state index contributed by atoms with van der Waals surface area (Å²) >= 11 is 3.39. The predicted molar refractivity (Wildman–Crippen MR) is 58.8 cm³/mol. The molecule has 3 heteroatoms. The summed E-state index contributed by atoms with van der Waals surface area (Å²) in [6.45, 7) is 4.30. The highest BCUT2D eigenvalue weighted by atomic mass is 79.9. The van der Waals surface area contributed by atoms with E-state index >= 15 is 0 Å². The maximum atomic E-state index is 5.51. The van der Waals surface area contributed by atoms with Crippen LogP contribution in [0.3, 0.4) is 0 Å². The van der Waals surface area contributed by atoms with E-state index in [1.165, 1.54) is 0 Å². The molecular weight excluding hydrogens is 230 g/mol. The molecule has 0 spiro atoms. The van der Waals surface area contributed by atoms with Crippen molar-refractivity contribution < 1.29 is 4.74 Å². The predicted octanol–water partition coefficient (Wildman–Crippen LogP) is 2.43. The molecule has 0 atom stereocenters. The van der Waals surface area contributed by atoms with Gasteiger partial charge >= 0.3 is 0 Å². The standard InChI is InChI=1S/C10H12BrNO/c1-7(6-12)9-5-8(11)3-4-10(9)13-2/h3-5H,1,6,12H2,2H3. The van der Waals surface area contributed by atoms with Crippen LogP contribution in [0.15, 0.2) is 29.3 Å². The first-order chi connectivity index (χ1) is 6.19. The van der Waals surface area contributed by atoms with Crippen molar-refractivity contribution in [3.05, 3.63) is 34.8 Å². The third kappa shape index (κ3) is 2.32. The second-order valence-electron chi connectivity index (χ2n) is 2.65. The Bertz CT molecular complexity index is 323. The van der Waals surface area contributed by atoms with E-state index in [-0.39, 0.29) is 0 Å². The van der Waals surface area contributed by atoms with Gasteiger partial charge in [0.2, 0.25) is 0 Å². The molecule has 0 radical (unpaired) electrons. The summed E-state index contributed by atoms with van der Waals surface area (Å²) in [6.07, 6.45) is 0. The van der Waals surface area contributed by atoms with E-state index in [1.54, 1.807) is 7.11 Å². The quantitative estimate of drug-likeness (QED) is 0.883. The van der Waals surface area contributed by atoms with Gasteiger partial charge in [0.25, 0.3) is 0 Å². The third-order valence-corrected chi connectivity index (χ3v) is 2.28. The summed E-state index contributed by atoms with van der Waals surface area (Å²) in [4.78, 5) is 0. The molecule has 1 aromatic carbocycles. The van der Waals surface area contributed by atoms with Crippen LogP contribution in [0.1, 0.15) is 5.56 Å². The maximum Gasteiger partial charge on any atom is 0.126 e. The van der Waals surface area contributed by atoms with Crippen LogP contribution in [0, 0.1) is 0 Å². The first-order valence-corrected chi connectivity index (χ1v) is 4.70. The Labute approximate surface area is 86.5 Å². The molecule has 1 aromatic rings. The van der Waals surface area contributed by atoms with Gasteiger partial charge in [-0.2, -0.15) is 0 Å². The topological polar surface area (TPSA) is 35.2 Å². The molecule has 0 saturated heterocycles. The van der Waals surface area contributed by atoms with Gasteiger partial charge in [-0.3, -0.25) is 0 Å². The highest BCUT2D eigenvalue weighted by Crippen LogP contribution is 2.27. The van der Waals surface area contributed by atoms with Crippen LogP contribution < -0.4 is 10.5 Å². The average molecular weight is 242 g/mol. The number of nitrogens with two attached hydrogens (primary N) is 1. The van der Waals surface area contributed by atoms with Gasteiger partial charge in [0, 0.05) is 16.6 Å². The molecule has 0 bridgehead atoms. The molecule has 2 N–H and O–H groups in total. The highest BCUT2D eigenvalue weighted by molar-refractivity contribution is 9.10. The molecule has 13 heavy (non-hydrogen) atoms. The number of halogens is 1.